The summed E-state index contributed by atoms with van der Waals surface area (Å²) in [6.07, 6.45) is -2.86. The van der Waals surface area contributed by atoms with Gasteiger partial charge in [-0.15, -0.1) is 0 Å². The van der Waals surface area contributed by atoms with Gasteiger partial charge in [0, 0.05) is 31.5 Å². The lowest BCUT2D eigenvalue weighted by molar-refractivity contribution is -0.154. The highest BCUT2D eigenvalue weighted by molar-refractivity contribution is 7.89. The molecule has 13 heteroatoms. The molecule has 1 amide bonds. The Morgan fingerprint density at radius 1 is 1.12 bits per heavy atom. The summed E-state index contributed by atoms with van der Waals surface area (Å²) in [4.78, 5) is 15.7. The quantitative estimate of drug-likeness (QED) is 0.603. The summed E-state index contributed by atoms with van der Waals surface area (Å²) < 4.78 is 79.1. The van der Waals surface area contributed by atoms with Crippen LogP contribution in [0.5, 0.6) is 17.4 Å². The minimum absolute atomic E-state index is 0.0270. The van der Waals surface area contributed by atoms with Gasteiger partial charge in [-0.05, 0) is 18.2 Å². The first kappa shape index (κ1) is 23.6. The van der Waals surface area contributed by atoms with Crippen molar-refractivity contribution in [3.05, 3.63) is 36.5 Å². The summed E-state index contributed by atoms with van der Waals surface area (Å²) in [6, 6.07) is 6.74. The Bertz CT molecular complexity index is 1050. The molecule has 9 nitrogen and oxygen atoms in total. The summed E-state index contributed by atoms with van der Waals surface area (Å²) in [5, 5.41) is 2.46. The maximum atomic E-state index is 12.5. The average molecular weight is 475 g/mol. The molecule has 2 aromatic rings. The molecule has 0 fully saturated rings. The van der Waals surface area contributed by atoms with Crippen molar-refractivity contribution >= 4 is 21.6 Å². The highest BCUT2D eigenvalue weighted by Gasteiger charge is 2.28. The number of pyridine rings is 1. The van der Waals surface area contributed by atoms with Gasteiger partial charge in [-0.25, -0.2) is 18.1 Å². The van der Waals surface area contributed by atoms with E-state index in [1.807, 2.05) is 0 Å². The Morgan fingerprint density at radius 2 is 1.88 bits per heavy atom. The fourth-order valence-electron chi connectivity index (χ4n) is 2.61. The topological polar surface area (TPSA) is 116 Å². The molecule has 32 heavy (non-hydrogen) atoms. The molecule has 174 valence electrons. The van der Waals surface area contributed by atoms with Crippen molar-refractivity contribution in [2.45, 2.75) is 23.9 Å². The van der Waals surface area contributed by atoms with Crippen LogP contribution in [0.2, 0.25) is 0 Å². The Labute approximate surface area is 181 Å². The first-order valence-electron chi connectivity index (χ1n) is 9.47. The zero-order valence-electron chi connectivity index (χ0n) is 16.6. The zero-order chi connectivity index (χ0) is 23.2. The van der Waals surface area contributed by atoms with Gasteiger partial charge in [-0.2, -0.15) is 13.2 Å². The molecule has 1 aliphatic rings. The van der Waals surface area contributed by atoms with Crippen LogP contribution in [-0.4, -0.2) is 51.9 Å². The van der Waals surface area contributed by atoms with E-state index < -0.39 is 28.7 Å². The van der Waals surface area contributed by atoms with Crippen LogP contribution in [0.25, 0.3) is 0 Å². The number of aromatic nitrogens is 1. The standard InChI is InChI=1S/C19H20F3N3O6S/c20-19(21,22)12-31-18-5-2-13(11-23-18)25-17(26)6-7-24-32(27,28)14-3-4-15-16(10-14)30-9-1-8-29-15/h2-5,10-11,24H,1,6-9,12H2,(H,25,26). The molecule has 1 aromatic carbocycles. The largest absolute Gasteiger partial charge is 0.490 e. The normalized spacial score (nSPS) is 13.8. The second-order valence-electron chi connectivity index (χ2n) is 6.64. The van der Waals surface area contributed by atoms with Gasteiger partial charge in [0.05, 0.1) is 30.0 Å². The van der Waals surface area contributed by atoms with Crippen molar-refractivity contribution in [1.82, 2.24) is 9.71 Å². The second kappa shape index (κ2) is 10.0. The van der Waals surface area contributed by atoms with Gasteiger partial charge >= 0.3 is 6.18 Å². The summed E-state index contributed by atoms with van der Waals surface area (Å²) in [5.74, 6) is 0.0304. The van der Waals surface area contributed by atoms with Crippen LogP contribution in [0.4, 0.5) is 18.9 Å². The van der Waals surface area contributed by atoms with Gasteiger partial charge in [0.1, 0.15) is 0 Å². The van der Waals surface area contributed by atoms with Crippen LogP contribution in [0.3, 0.4) is 0 Å². The fraction of sp³-hybridized carbons (Fsp3) is 0.368. The van der Waals surface area contributed by atoms with E-state index in [0.717, 1.165) is 6.20 Å². The Morgan fingerprint density at radius 3 is 2.56 bits per heavy atom. The van der Waals surface area contributed by atoms with Crippen molar-refractivity contribution in [2.75, 3.05) is 31.7 Å². The van der Waals surface area contributed by atoms with Crippen LogP contribution >= 0.6 is 0 Å². The summed E-state index contributed by atoms with van der Waals surface area (Å²) in [6.45, 7) is -0.766. The number of sulfonamides is 1. The molecule has 0 unspecified atom stereocenters. The SMILES string of the molecule is O=C(CCNS(=O)(=O)c1ccc2c(c1)OCCCO2)Nc1ccc(OCC(F)(F)F)nc1. The van der Waals surface area contributed by atoms with Crippen molar-refractivity contribution in [3.8, 4) is 17.4 Å². The highest BCUT2D eigenvalue weighted by atomic mass is 32.2. The van der Waals surface area contributed by atoms with E-state index in [-0.39, 0.29) is 29.4 Å². The molecule has 0 saturated heterocycles. The number of ether oxygens (including phenoxy) is 3. The average Bonchev–Trinajstić information content (AvgIpc) is 2.97. The number of anilines is 1. The lowest BCUT2D eigenvalue weighted by Crippen LogP contribution is -2.28. The monoisotopic (exact) mass is 475 g/mol. The van der Waals surface area contributed by atoms with Gasteiger partial charge in [0.2, 0.25) is 21.8 Å². The molecule has 1 aromatic heterocycles. The number of hydrogen-bond donors (Lipinski definition) is 2. The number of carbonyl (C=O) groups excluding carboxylic acids is 1. The lowest BCUT2D eigenvalue weighted by Gasteiger charge is -2.11. The molecular formula is C19H20F3N3O6S. The minimum Gasteiger partial charge on any atom is -0.490 e. The van der Waals surface area contributed by atoms with E-state index in [2.05, 4.69) is 19.8 Å². The number of halogens is 3. The molecule has 3 rings (SSSR count). The number of carbonyl (C=O) groups is 1. The van der Waals surface area contributed by atoms with Gasteiger partial charge in [0.15, 0.2) is 18.1 Å². The van der Waals surface area contributed by atoms with Crippen molar-refractivity contribution in [1.29, 1.82) is 0 Å². The molecule has 2 heterocycles. The maximum absolute atomic E-state index is 12.5. The molecule has 0 saturated carbocycles. The molecule has 0 radical (unpaired) electrons. The predicted octanol–water partition coefficient (Wildman–Crippen LogP) is 2.49. The Kier molecular flexibility index (Phi) is 7.40. The maximum Gasteiger partial charge on any atom is 0.422 e. The van der Waals surface area contributed by atoms with E-state index in [1.54, 1.807) is 0 Å². The van der Waals surface area contributed by atoms with Crippen molar-refractivity contribution < 1.29 is 40.6 Å². The van der Waals surface area contributed by atoms with Crippen molar-refractivity contribution in [2.24, 2.45) is 0 Å². The third-order valence-electron chi connectivity index (χ3n) is 4.08. The molecule has 0 aliphatic carbocycles. The number of nitrogens with zero attached hydrogens (tertiary/aromatic N) is 1. The molecule has 1 aliphatic heterocycles. The van der Waals surface area contributed by atoms with Crippen molar-refractivity contribution in [3.63, 3.8) is 0 Å². The molecule has 2 N–H and O–H groups in total. The number of hydrogen-bond acceptors (Lipinski definition) is 7. The second-order valence-corrected chi connectivity index (χ2v) is 8.41. The zero-order valence-corrected chi connectivity index (χ0v) is 17.5. The molecular weight excluding hydrogens is 455 g/mol. The lowest BCUT2D eigenvalue weighted by atomic mass is 10.3. The number of benzene rings is 1. The third-order valence-corrected chi connectivity index (χ3v) is 5.54. The fourth-order valence-corrected chi connectivity index (χ4v) is 3.66. The van der Waals surface area contributed by atoms with E-state index >= 15 is 0 Å². The van der Waals surface area contributed by atoms with Gasteiger partial charge in [-0.3, -0.25) is 4.79 Å². The first-order chi connectivity index (χ1) is 15.1. The first-order valence-corrected chi connectivity index (χ1v) is 11.0. The van der Waals surface area contributed by atoms with Gasteiger partial charge < -0.3 is 19.5 Å². The number of alkyl halides is 3. The highest BCUT2D eigenvalue weighted by Crippen LogP contribution is 2.31. The summed E-state index contributed by atoms with van der Waals surface area (Å²) >= 11 is 0. The predicted molar refractivity (Wildman–Crippen MR) is 106 cm³/mol. The number of fused-ring (bicyclic) bond motifs is 1. The minimum atomic E-state index is -4.49. The number of nitrogens with one attached hydrogen (secondary N) is 2. The molecule has 0 spiro atoms. The molecule has 0 atom stereocenters. The Hall–Kier alpha value is -3.06. The van der Waals surface area contributed by atoms with Crippen LogP contribution in [0, 0.1) is 0 Å². The van der Waals surface area contributed by atoms with Gasteiger partial charge in [-0.1, -0.05) is 0 Å². The third kappa shape index (κ3) is 6.99. The van der Waals surface area contributed by atoms with E-state index in [1.165, 1.54) is 30.3 Å². The van der Waals surface area contributed by atoms with Crippen LogP contribution in [-0.2, 0) is 14.8 Å². The van der Waals surface area contributed by atoms with E-state index in [0.29, 0.717) is 31.1 Å². The summed E-state index contributed by atoms with van der Waals surface area (Å²) in [5.41, 5.74) is 0.222. The van der Waals surface area contributed by atoms with Crippen LogP contribution in [0.1, 0.15) is 12.8 Å². The Balaban J connectivity index is 1.48. The van der Waals surface area contributed by atoms with Gasteiger partial charge in [0.25, 0.3) is 0 Å². The summed E-state index contributed by atoms with van der Waals surface area (Å²) in [7, 11) is -3.88. The van der Waals surface area contributed by atoms with E-state index in [4.69, 9.17) is 9.47 Å². The smallest absolute Gasteiger partial charge is 0.422 e. The number of amides is 1. The molecule has 0 bridgehead atoms. The van der Waals surface area contributed by atoms with Crippen LogP contribution in [0.15, 0.2) is 41.4 Å². The van der Waals surface area contributed by atoms with E-state index in [9.17, 15) is 26.4 Å². The van der Waals surface area contributed by atoms with Crippen LogP contribution < -0.4 is 24.2 Å². The number of rotatable bonds is 8.